The third-order valence-electron chi connectivity index (χ3n) is 3.59. The van der Waals surface area contributed by atoms with Gasteiger partial charge in [0.1, 0.15) is 0 Å². The van der Waals surface area contributed by atoms with Crippen molar-refractivity contribution in [3.05, 3.63) is 34.9 Å². The van der Waals surface area contributed by atoms with Crippen molar-refractivity contribution in [1.29, 1.82) is 0 Å². The van der Waals surface area contributed by atoms with Crippen LogP contribution in [0.1, 0.15) is 31.1 Å². The van der Waals surface area contributed by atoms with Crippen molar-refractivity contribution in [2.24, 2.45) is 0 Å². The van der Waals surface area contributed by atoms with Gasteiger partial charge < -0.3 is 14.4 Å². The maximum absolute atomic E-state index is 12.3. The summed E-state index contributed by atoms with van der Waals surface area (Å²) in [6, 6.07) is 6.77. The number of likely N-dealkylation sites (tertiary alicyclic amines) is 1. The molecule has 1 aliphatic heterocycles. The zero-order chi connectivity index (χ0) is 18.3. The molecule has 1 atom stereocenters. The van der Waals surface area contributed by atoms with Crippen molar-refractivity contribution in [3.8, 4) is 0 Å². The van der Waals surface area contributed by atoms with Crippen molar-refractivity contribution in [2.75, 3.05) is 32.6 Å². The Bertz CT molecular complexity index is 675. The summed E-state index contributed by atoms with van der Waals surface area (Å²) in [6.45, 7) is 1.07. The number of carbonyl (C=O) groups excluding carboxylic acids is 1. The Labute approximate surface area is 152 Å². The van der Waals surface area contributed by atoms with E-state index < -0.39 is 22.5 Å². The lowest BCUT2D eigenvalue weighted by atomic mass is 10.1. The summed E-state index contributed by atoms with van der Waals surface area (Å²) in [7, 11) is -3.55. The Morgan fingerprint density at radius 3 is 2.60 bits per heavy atom. The van der Waals surface area contributed by atoms with Crippen molar-refractivity contribution >= 4 is 27.8 Å². The molecule has 0 bridgehead atoms. The predicted octanol–water partition coefficient (Wildman–Crippen LogP) is 2.95. The van der Waals surface area contributed by atoms with Gasteiger partial charge in [0.15, 0.2) is 0 Å². The van der Waals surface area contributed by atoms with Gasteiger partial charge in [-0.2, -0.15) is 8.42 Å². The zero-order valence-electron chi connectivity index (χ0n) is 14.0. The number of benzene rings is 1. The van der Waals surface area contributed by atoms with Crippen LogP contribution >= 0.6 is 11.6 Å². The van der Waals surface area contributed by atoms with E-state index in [2.05, 4.69) is 4.18 Å². The second-order valence-electron chi connectivity index (χ2n) is 5.72. The van der Waals surface area contributed by atoms with E-state index in [1.54, 1.807) is 29.2 Å². The number of nitrogens with zero attached hydrogens (tertiary/aromatic N) is 1. The van der Waals surface area contributed by atoms with Gasteiger partial charge in [0.2, 0.25) is 6.29 Å². The highest BCUT2D eigenvalue weighted by molar-refractivity contribution is 7.85. The fraction of sp³-hybridized carbons (Fsp3) is 0.562. The van der Waals surface area contributed by atoms with Crippen LogP contribution in [0.3, 0.4) is 0 Å². The number of halogens is 1. The van der Waals surface area contributed by atoms with Crippen molar-refractivity contribution < 1.29 is 26.9 Å². The monoisotopic (exact) mass is 391 g/mol. The van der Waals surface area contributed by atoms with E-state index in [0.717, 1.165) is 25.5 Å². The molecule has 1 fully saturated rings. The highest BCUT2D eigenvalue weighted by atomic mass is 35.5. The molecule has 1 aromatic carbocycles. The summed E-state index contributed by atoms with van der Waals surface area (Å²) >= 11 is 5.98. The van der Waals surface area contributed by atoms with Gasteiger partial charge in [0.05, 0.1) is 19.5 Å². The number of rotatable bonds is 7. The van der Waals surface area contributed by atoms with Crippen molar-refractivity contribution in [2.45, 2.75) is 25.6 Å². The smallest absolute Gasteiger partial charge is 0.412 e. The fourth-order valence-corrected chi connectivity index (χ4v) is 3.00. The lowest BCUT2D eigenvalue weighted by molar-refractivity contribution is -0.120. The Hall–Kier alpha value is -1.35. The van der Waals surface area contributed by atoms with Gasteiger partial charge in [-0.1, -0.05) is 23.7 Å². The quantitative estimate of drug-likeness (QED) is 0.403. The summed E-state index contributed by atoms with van der Waals surface area (Å²) in [5, 5.41) is 0.479. The number of piperidine rings is 1. The molecule has 140 valence electrons. The number of hydrogen-bond acceptors (Lipinski definition) is 6. The molecule has 0 aromatic heterocycles. The summed E-state index contributed by atoms with van der Waals surface area (Å²) < 4.78 is 37.6. The minimum absolute atomic E-state index is 0.0580. The molecule has 1 heterocycles. The molecule has 9 heteroatoms. The molecule has 1 aromatic rings. The molecule has 25 heavy (non-hydrogen) atoms. The van der Waals surface area contributed by atoms with Crippen LogP contribution < -0.4 is 0 Å². The topological polar surface area (TPSA) is 82.1 Å². The van der Waals surface area contributed by atoms with E-state index in [1.807, 2.05) is 0 Å². The van der Waals surface area contributed by atoms with E-state index in [0.29, 0.717) is 23.7 Å². The van der Waals surface area contributed by atoms with Crippen LogP contribution in [0.2, 0.25) is 5.02 Å². The maximum Gasteiger partial charge on any atom is 0.412 e. The number of carbonyl (C=O) groups is 1. The van der Waals surface area contributed by atoms with Gasteiger partial charge in [0, 0.05) is 23.7 Å². The van der Waals surface area contributed by atoms with Crippen LogP contribution in [0.4, 0.5) is 4.79 Å². The first-order valence-corrected chi connectivity index (χ1v) is 10.2. The molecular weight excluding hydrogens is 370 g/mol. The minimum Gasteiger partial charge on any atom is -0.415 e. The number of amides is 1. The number of ether oxygens (including phenoxy) is 2. The first-order chi connectivity index (χ1) is 11.8. The molecule has 0 unspecified atom stereocenters. The standard InChI is InChI=1S/C16H22ClNO6S/c1-25(20,21)23-11-10-22-15(13-6-5-7-14(17)12-13)24-16(19)18-8-3-2-4-9-18/h5-7,12,15H,2-4,8-11H2,1H3/t15-/m1/s1. The van der Waals surface area contributed by atoms with Crippen LogP contribution in [0, 0.1) is 0 Å². The van der Waals surface area contributed by atoms with Gasteiger partial charge in [0.25, 0.3) is 10.1 Å². The van der Waals surface area contributed by atoms with Crippen LogP contribution in [-0.4, -0.2) is 52.0 Å². The Morgan fingerprint density at radius 2 is 1.96 bits per heavy atom. The molecular formula is C16H22ClNO6S. The third kappa shape index (κ3) is 7.19. The highest BCUT2D eigenvalue weighted by Crippen LogP contribution is 2.24. The van der Waals surface area contributed by atoms with Crippen LogP contribution in [-0.2, 0) is 23.8 Å². The maximum atomic E-state index is 12.3. The molecule has 7 nitrogen and oxygen atoms in total. The second kappa shape index (κ2) is 9.38. The van der Waals surface area contributed by atoms with Gasteiger partial charge in [-0.25, -0.2) is 4.79 Å². The molecule has 0 N–H and O–H groups in total. The van der Waals surface area contributed by atoms with E-state index in [-0.39, 0.29) is 13.2 Å². The zero-order valence-corrected chi connectivity index (χ0v) is 15.6. The minimum atomic E-state index is -3.55. The second-order valence-corrected chi connectivity index (χ2v) is 7.80. The summed E-state index contributed by atoms with van der Waals surface area (Å²) in [5.41, 5.74) is 0.567. The van der Waals surface area contributed by atoms with Crippen LogP contribution in [0.15, 0.2) is 24.3 Å². The molecule has 1 saturated heterocycles. The molecule has 1 amide bonds. The number of hydrogen-bond donors (Lipinski definition) is 0. The van der Waals surface area contributed by atoms with Gasteiger partial charge in [-0.3, -0.25) is 4.18 Å². The summed E-state index contributed by atoms with van der Waals surface area (Å²) in [5.74, 6) is 0. The molecule has 0 spiro atoms. The van der Waals surface area contributed by atoms with Gasteiger partial charge >= 0.3 is 6.09 Å². The molecule has 1 aliphatic rings. The Morgan fingerprint density at radius 1 is 1.24 bits per heavy atom. The highest BCUT2D eigenvalue weighted by Gasteiger charge is 2.23. The van der Waals surface area contributed by atoms with E-state index in [4.69, 9.17) is 21.1 Å². The van der Waals surface area contributed by atoms with Crippen LogP contribution in [0.5, 0.6) is 0 Å². The van der Waals surface area contributed by atoms with Crippen molar-refractivity contribution in [3.63, 3.8) is 0 Å². The lowest BCUT2D eigenvalue weighted by Crippen LogP contribution is -2.37. The fourth-order valence-electron chi connectivity index (χ4n) is 2.43. The normalized spacial score (nSPS) is 16.5. The SMILES string of the molecule is CS(=O)(=O)OCCO[C@H](OC(=O)N1CCCCC1)c1cccc(Cl)c1. The largest absolute Gasteiger partial charge is 0.415 e. The van der Waals surface area contributed by atoms with Gasteiger partial charge in [-0.15, -0.1) is 0 Å². The van der Waals surface area contributed by atoms with Crippen molar-refractivity contribution in [1.82, 2.24) is 4.90 Å². The van der Waals surface area contributed by atoms with Gasteiger partial charge in [-0.05, 0) is 31.4 Å². The Balaban J connectivity index is 1.99. The van der Waals surface area contributed by atoms with E-state index >= 15 is 0 Å². The molecule has 0 radical (unpaired) electrons. The average molecular weight is 392 g/mol. The Kier molecular flexibility index (Phi) is 7.49. The predicted molar refractivity (Wildman–Crippen MR) is 92.8 cm³/mol. The summed E-state index contributed by atoms with van der Waals surface area (Å²) in [4.78, 5) is 14.0. The lowest BCUT2D eigenvalue weighted by Gasteiger charge is -2.28. The van der Waals surface area contributed by atoms with Crippen LogP contribution in [0.25, 0.3) is 0 Å². The molecule has 0 saturated carbocycles. The first-order valence-electron chi connectivity index (χ1n) is 8.02. The summed E-state index contributed by atoms with van der Waals surface area (Å²) in [6.07, 6.45) is 2.49. The average Bonchev–Trinajstić information content (AvgIpc) is 2.57. The first kappa shape index (κ1) is 20.0. The van der Waals surface area contributed by atoms with E-state index in [1.165, 1.54) is 0 Å². The third-order valence-corrected chi connectivity index (χ3v) is 4.42. The van der Waals surface area contributed by atoms with E-state index in [9.17, 15) is 13.2 Å². The molecule has 2 rings (SSSR count). The molecule has 0 aliphatic carbocycles.